The van der Waals surface area contributed by atoms with Crippen LogP contribution in [0.2, 0.25) is 0 Å². The van der Waals surface area contributed by atoms with Crippen molar-refractivity contribution in [1.29, 1.82) is 0 Å². The molecule has 4 heteroatoms. The average molecular weight is 261 g/mol. The van der Waals surface area contributed by atoms with Crippen molar-refractivity contribution in [3.8, 4) is 0 Å². The summed E-state index contributed by atoms with van der Waals surface area (Å²) in [5.74, 6) is 0.169. The molecule has 1 aliphatic heterocycles. The number of carbonyl (C=O) groups excluding carboxylic acids is 1. The van der Waals surface area contributed by atoms with Crippen molar-refractivity contribution in [3.63, 3.8) is 0 Å². The molecular formula is C15H23N3O. The average Bonchev–Trinajstić information content (AvgIpc) is 2.38. The predicted octanol–water partition coefficient (Wildman–Crippen LogP) is 1.30. The van der Waals surface area contributed by atoms with Gasteiger partial charge in [0.2, 0.25) is 5.91 Å². The molecule has 1 aliphatic rings. The maximum absolute atomic E-state index is 12.6. The van der Waals surface area contributed by atoms with Crippen LogP contribution in [0.25, 0.3) is 0 Å². The van der Waals surface area contributed by atoms with Crippen LogP contribution in [0.5, 0.6) is 0 Å². The van der Waals surface area contributed by atoms with E-state index in [1.165, 1.54) is 11.1 Å². The van der Waals surface area contributed by atoms with E-state index in [9.17, 15) is 4.79 Å². The van der Waals surface area contributed by atoms with Crippen molar-refractivity contribution in [1.82, 2.24) is 4.90 Å². The minimum atomic E-state index is -0.0830. The topological polar surface area (TPSA) is 49.6 Å². The standard InChI is InChI=1S/C15H23N3O/c1-11-4-5-13(10-12(11)2)18-9-8-17(3)14(6-7-16)15(18)19/h4-5,10,14H,6-9,16H2,1-3H3. The molecular weight excluding hydrogens is 238 g/mol. The highest BCUT2D eigenvalue weighted by Gasteiger charge is 2.32. The number of nitrogens with zero attached hydrogens (tertiary/aromatic N) is 2. The Labute approximate surface area is 115 Å². The smallest absolute Gasteiger partial charge is 0.244 e. The van der Waals surface area contributed by atoms with Crippen LogP contribution in [0.4, 0.5) is 5.69 Å². The van der Waals surface area contributed by atoms with Crippen molar-refractivity contribution in [2.24, 2.45) is 5.73 Å². The number of hydrogen-bond donors (Lipinski definition) is 1. The molecule has 1 saturated heterocycles. The summed E-state index contributed by atoms with van der Waals surface area (Å²) in [7, 11) is 2.00. The van der Waals surface area contributed by atoms with Gasteiger partial charge >= 0.3 is 0 Å². The van der Waals surface area contributed by atoms with Crippen molar-refractivity contribution in [2.45, 2.75) is 26.3 Å². The summed E-state index contributed by atoms with van der Waals surface area (Å²) in [5.41, 5.74) is 9.09. The fourth-order valence-electron chi connectivity index (χ4n) is 2.54. The number of piperazine rings is 1. The second-order valence-corrected chi connectivity index (χ2v) is 5.33. The normalized spacial score (nSPS) is 20.9. The molecule has 1 unspecified atom stereocenters. The summed E-state index contributed by atoms with van der Waals surface area (Å²) >= 11 is 0. The fraction of sp³-hybridized carbons (Fsp3) is 0.533. The Morgan fingerprint density at radius 3 is 2.63 bits per heavy atom. The van der Waals surface area contributed by atoms with Crippen LogP contribution in [-0.4, -0.2) is 43.5 Å². The molecule has 0 saturated carbocycles. The largest absolute Gasteiger partial charge is 0.330 e. The minimum Gasteiger partial charge on any atom is -0.330 e. The lowest BCUT2D eigenvalue weighted by atomic mass is 10.1. The van der Waals surface area contributed by atoms with E-state index in [4.69, 9.17) is 5.73 Å². The number of nitrogens with two attached hydrogens (primary N) is 1. The first-order valence-corrected chi connectivity index (χ1v) is 6.83. The van der Waals surface area contributed by atoms with Crippen molar-refractivity contribution in [2.75, 3.05) is 31.6 Å². The zero-order chi connectivity index (χ0) is 14.0. The monoisotopic (exact) mass is 261 g/mol. The number of aryl methyl sites for hydroxylation is 2. The molecule has 1 atom stereocenters. The van der Waals surface area contributed by atoms with Gasteiger partial charge in [-0.25, -0.2) is 0 Å². The molecule has 0 aromatic heterocycles. The van der Waals surface area contributed by atoms with Gasteiger partial charge in [0.1, 0.15) is 0 Å². The van der Waals surface area contributed by atoms with Gasteiger partial charge < -0.3 is 10.6 Å². The minimum absolute atomic E-state index is 0.0830. The van der Waals surface area contributed by atoms with Gasteiger partial charge in [-0.3, -0.25) is 9.69 Å². The molecule has 0 spiro atoms. The number of likely N-dealkylation sites (N-methyl/N-ethyl adjacent to an activating group) is 1. The first kappa shape index (κ1) is 14.0. The highest BCUT2D eigenvalue weighted by molar-refractivity contribution is 5.98. The molecule has 1 aromatic carbocycles. The molecule has 2 N–H and O–H groups in total. The molecule has 4 nitrogen and oxygen atoms in total. The molecule has 1 amide bonds. The molecule has 1 fully saturated rings. The zero-order valence-electron chi connectivity index (χ0n) is 12.0. The maximum Gasteiger partial charge on any atom is 0.244 e. The van der Waals surface area contributed by atoms with Crippen LogP contribution in [0, 0.1) is 13.8 Å². The van der Waals surface area contributed by atoms with Gasteiger partial charge in [0.05, 0.1) is 6.04 Å². The van der Waals surface area contributed by atoms with E-state index in [-0.39, 0.29) is 11.9 Å². The molecule has 19 heavy (non-hydrogen) atoms. The van der Waals surface area contributed by atoms with Crippen molar-refractivity contribution < 1.29 is 4.79 Å². The van der Waals surface area contributed by atoms with Crippen molar-refractivity contribution in [3.05, 3.63) is 29.3 Å². The number of carbonyl (C=O) groups is 1. The predicted molar refractivity (Wildman–Crippen MR) is 78.4 cm³/mol. The first-order valence-electron chi connectivity index (χ1n) is 6.83. The molecule has 104 valence electrons. The Morgan fingerprint density at radius 1 is 1.26 bits per heavy atom. The first-order chi connectivity index (χ1) is 9.04. The third-order valence-electron chi connectivity index (χ3n) is 4.00. The second-order valence-electron chi connectivity index (χ2n) is 5.33. The molecule has 1 aromatic rings. The summed E-state index contributed by atoms with van der Waals surface area (Å²) in [6.07, 6.45) is 0.719. The summed E-state index contributed by atoms with van der Waals surface area (Å²) in [6.45, 7) is 6.35. The fourth-order valence-corrected chi connectivity index (χ4v) is 2.54. The Hall–Kier alpha value is -1.39. The molecule has 0 bridgehead atoms. The van der Waals surface area contributed by atoms with E-state index in [0.29, 0.717) is 6.54 Å². The Morgan fingerprint density at radius 2 is 2.00 bits per heavy atom. The molecule has 0 aliphatic carbocycles. The number of rotatable bonds is 3. The highest BCUT2D eigenvalue weighted by Crippen LogP contribution is 2.23. The highest BCUT2D eigenvalue weighted by atomic mass is 16.2. The van der Waals surface area contributed by atoms with Crippen LogP contribution >= 0.6 is 0 Å². The Kier molecular flexibility index (Phi) is 4.22. The molecule has 1 heterocycles. The number of benzene rings is 1. The van der Waals surface area contributed by atoms with Gasteiger partial charge in [0.15, 0.2) is 0 Å². The third-order valence-corrected chi connectivity index (χ3v) is 4.00. The van der Waals surface area contributed by atoms with Crippen LogP contribution in [0.3, 0.4) is 0 Å². The SMILES string of the molecule is Cc1ccc(N2CCN(C)C(CCN)C2=O)cc1C. The number of amides is 1. The van der Waals surface area contributed by atoms with E-state index >= 15 is 0 Å². The van der Waals surface area contributed by atoms with Gasteiger partial charge in [-0.15, -0.1) is 0 Å². The van der Waals surface area contributed by atoms with E-state index < -0.39 is 0 Å². The number of hydrogen-bond acceptors (Lipinski definition) is 3. The van der Waals surface area contributed by atoms with E-state index in [1.54, 1.807) is 0 Å². The molecule has 0 radical (unpaired) electrons. The summed E-state index contributed by atoms with van der Waals surface area (Å²) in [6, 6.07) is 6.12. The van der Waals surface area contributed by atoms with Crippen LogP contribution in [0.1, 0.15) is 17.5 Å². The second kappa shape index (κ2) is 5.72. The van der Waals surface area contributed by atoms with Crippen LogP contribution < -0.4 is 10.6 Å². The van der Waals surface area contributed by atoms with Gasteiger partial charge in [-0.2, -0.15) is 0 Å². The lowest BCUT2D eigenvalue weighted by Crippen LogP contribution is -2.56. The molecule has 2 rings (SSSR count). The van der Waals surface area contributed by atoms with Crippen LogP contribution in [-0.2, 0) is 4.79 Å². The van der Waals surface area contributed by atoms with Crippen LogP contribution in [0.15, 0.2) is 18.2 Å². The van der Waals surface area contributed by atoms with Gasteiger partial charge in [0.25, 0.3) is 0 Å². The lowest BCUT2D eigenvalue weighted by molar-refractivity contribution is -0.125. The Bertz CT molecular complexity index is 472. The van der Waals surface area contributed by atoms with E-state index in [1.807, 2.05) is 18.0 Å². The quantitative estimate of drug-likeness (QED) is 0.892. The van der Waals surface area contributed by atoms with Gasteiger partial charge in [-0.1, -0.05) is 6.07 Å². The van der Waals surface area contributed by atoms with Crippen molar-refractivity contribution >= 4 is 11.6 Å². The van der Waals surface area contributed by atoms with E-state index in [2.05, 4.69) is 30.9 Å². The zero-order valence-corrected chi connectivity index (χ0v) is 12.0. The van der Waals surface area contributed by atoms with Gasteiger partial charge in [-0.05, 0) is 57.1 Å². The van der Waals surface area contributed by atoms with Gasteiger partial charge in [0, 0.05) is 18.8 Å². The Balaban J connectivity index is 2.24. The maximum atomic E-state index is 12.6. The summed E-state index contributed by atoms with van der Waals surface area (Å²) in [5, 5.41) is 0. The summed E-state index contributed by atoms with van der Waals surface area (Å²) < 4.78 is 0. The van der Waals surface area contributed by atoms with E-state index in [0.717, 1.165) is 25.2 Å². The third kappa shape index (κ3) is 2.80. The summed E-state index contributed by atoms with van der Waals surface area (Å²) in [4.78, 5) is 16.6. The lowest BCUT2D eigenvalue weighted by Gasteiger charge is -2.38. The number of anilines is 1.